The van der Waals surface area contributed by atoms with Crippen LogP contribution in [-0.4, -0.2) is 53.8 Å². The fourth-order valence-corrected chi connectivity index (χ4v) is 3.95. The summed E-state index contributed by atoms with van der Waals surface area (Å²) in [7, 11) is 1.90. The molecule has 0 saturated carbocycles. The van der Waals surface area contributed by atoms with Gasteiger partial charge in [-0.2, -0.15) is 0 Å². The summed E-state index contributed by atoms with van der Waals surface area (Å²) in [5.74, 6) is -1.68. The van der Waals surface area contributed by atoms with Gasteiger partial charge in [-0.05, 0) is 59.4 Å². The summed E-state index contributed by atoms with van der Waals surface area (Å²) < 4.78 is 0. The highest BCUT2D eigenvalue weighted by Gasteiger charge is 2.21. The zero-order chi connectivity index (χ0) is 28.1. The van der Waals surface area contributed by atoms with Crippen LogP contribution in [0.5, 0.6) is 0 Å². The van der Waals surface area contributed by atoms with E-state index in [1.54, 1.807) is 12.3 Å². The number of carboxylic acids is 1. The molecule has 2 aromatic carbocycles. The zero-order valence-corrected chi connectivity index (χ0v) is 22.1. The number of allylic oxidation sites excluding steroid dienone is 2. The highest BCUT2D eigenvalue weighted by Crippen LogP contribution is 2.31. The van der Waals surface area contributed by atoms with E-state index in [9.17, 15) is 19.5 Å². The van der Waals surface area contributed by atoms with Crippen molar-refractivity contribution in [2.24, 2.45) is 16.5 Å². The molecule has 9 nitrogen and oxygen atoms in total. The average molecular weight is 520 g/mol. The molecule has 6 N–H and O–H groups in total. The van der Waals surface area contributed by atoms with Crippen molar-refractivity contribution < 1.29 is 19.5 Å². The Hall–Kier alpha value is -4.40. The number of nitrogens with zero attached hydrogens (tertiary/aromatic N) is 2. The molecule has 0 aromatic heterocycles. The van der Waals surface area contributed by atoms with Crippen LogP contribution in [0.25, 0.3) is 11.1 Å². The predicted molar refractivity (Wildman–Crippen MR) is 150 cm³/mol. The van der Waals surface area contributed by atoms with E-state index in [0.29, 0.717) is 25.2 Å². The molecular formula is C29H37N5O4. The molecule has 2 aromatic rings. The Labute approximate surface area is 223 Å². The highest BCUT2D eigenvalue weighted by atomic mass is 16.4. The number of amides is 1. The van der Waals surface area contributed by atoms with Crippen molar-refractivity contribution in [2.75, 3.05) is 13.6 Å². The summed E-state index contributed by atoms with van der Waals surface area (Å²) in [6.45, 7) is 5.19. The molecule has 1 unspecified atom stereocenters. The van der Waals surface area contributed by atoms with Gasteiger partial charge in [-0.1, -0.05) is 62.4 Å². The van der Waals surface area contributed by atoms with Gasteiger partial charge in [0.2, 0.25) is 0 Å². The lowest BCUT2D eigenvalue weighted by Gasteiger charge is -2.19. The summed E-state index contributed by atoms with van der Waals surface area (Å²) in [5, 5.41) is 11.8. The van der Waals surface area contributed by atoms with Crippen LogP contribution in [0, 0.1) is 0 Å². The van der Waals surface area contributed by atoms with Crippen molar-refractivity contribution >= 4 is 24.1 Å². The van der Waals surface area contributed by atoms with Gasteiger partial charge in [0.05, 0.1) is 5.57 Å². The second-order valence-electron chi connectivity index (χ2n) is 9.21. The monoisotopic (exact) mass is 519 g/mol. The molecule has 0 spiro atoms. The molecule has 0 fully saturated rings. The Morgan fingerprint density at radius 3 is 2.37 bits per heavy atom. The maximum absolute atomic E-state index is 12.5. The van der Waals surface area contributed by atoms with E-state index in [-0.39, 0.29) is 24.5 Å². The maximum atomic E-state index is 12.5. The Balaban J connectivity index is 2.09. The van der Waals surface area contributed by atoms with Crippen LogP contribution in [0.4, 0.5) is 0 Å². The number of hydrogen-bond donors (Lipinski definition) is 4. The third-order valence-electron chi connectivity index (χ3n) is 5.86. The van der Waals surface area contributed by atoms with Crippen LogP contribution < -0.4 is 16.8 Å². The smallest absolute Gasteiger partial charge is 0.326 e. The van der Waals surface area contributed by atoms with Crippen LogP contribution in [0.3, 0.4) is 0 Å². The van der Waals surface area contributed by atoms with E-state index in [0.717, 1.165) is 11.1 Å². The van der Waals surface area contributed by atoms with Gasteiger partial charge >= 0.3 is 5.97 Å². The molecule has 0 radical (unpaired) electrons. The summed E-state index contributed by atoms with van der Waals surface area (Å²) >= 11 is 0. The fraction of sp³-hybridized carbons (Fsp3) is 0.310. The van der Waals surface area contributed by atoms with Gasteiger partial charge in [0.15, 0.2) is 12.2 Å². The standard InChI is InChI=1S/C29H37N5O4/c1-20(2)23-12-6-7-14-25(23)24-13-5-4-10-21(24)18-34(3)17-9-11-22(19-35)27(36)33-26(28(37)38)15-8-16-32-29(30)31/h4-7,9-14,17,19-20,26H,8,15-16,18H2,1-3H3,(H,33,36)(H,37,38)(H4,30,31,32)/b17-9-,22-11+. The summed E-state index contributed by atoms with van der Waals surface area (Å²) in [6, 6.07) is 15.4. The van der Waals surface area contributed by atoms with Gasteiger partial charge < -0.3 is 26.8 Å². The predicted octanol–water partition coefficient (Wildman–Crippen LogP) is 3.17. The second-order valence-corrected chi connectivity index (χ2v) is 9.21. The van der Waals surface area contributed by atoms with Crippen molar-refractivity contribution in [3.63, 3.8) is 0 Å². The first-order valence-corrected chi connectivity index (χ1v) is 12.4. The summed E-state index contributed by atoms with van der Waals surface area (Å²) in [5.41, 5.74) is 15.1. The van der Waals surface area contributed by atoms with Crippen molar-refractivity contribution in [1.29, 1.82) is 0 Å². The molecule has 0 aliphatic carbocycles. The number of carboxylic acid groups (broad SMARTS) is 1. The van der Waals surface area contributed by atoms with Gasteiger partial charge in [-0.3, -0.25) is 14.6 Å². The number of benzene rings is 2. The van der Waals surface area contributed by atoms with Gasteiger partial charge in [-0.15, -0.1) is 0 Å². The molecule has 1 amide bonds. The normalized spacial score (nSPS) is 12.3. The largest absolute Gasteiger partial charge is 0.480 e. The Morgan fingerprint density at radius 1 is 1.08 bits per heavy atom. The number of aldehydes is 1. The Morgan fingerprint density at radius 2 is 1.74 bits per heavy atom. The third kappa shape index (κ3) is 9.24. The molecule has 1 atom stereocenters. The molecule has 0 heterocycles. The first kappa shape index (κ1) is 29.8. The Kier molecular flexibility index (Phi) is 11.8. The van der Waals surface area contributed by atoms with Gasteiger partial charge in [0, 0.05) is 20.1 Å². The molecule has 38 heavy (non-hydrogen) atoms. The molecule has 9 heteroatoms. The minimum Gasteiger partial charge on any atom is -0.480 e. The zero-order valence-electron chi connectivity index (χ0n) is 22.1. The first-order valence-electron chi connectivity index (χ1n) is 12.4. The number of aliphatic imine (C=N–C) groups is 1. The second kappa shape index (κ2) is 15.0. The van der Waals surface area contributed by atoms with E-state index in [2.05, 4.69) is 54.5 Å². The van der Waals surface area contributed by atoms with Crippen molar-refractivity contribution in [3.8, 4) is 11.1 Å². The van der Waals surface area contributed by atoms with E-state index in [4.69, 9.17) is 11.5 Å². The Bertz CT molecular complexity index is 1200. The van der Waals surface area contributed by atoms with E-state index < -0.39 is 17.9 Å². The van der Waals surface area contributed by atoms with Crippen molar-refractivity contribution in [2.45, 2.75) is 45.2 Å². The lowest BCUT2D eigenvalue weighted by Crippen LogP contribution is -2.41. The maximum Gasteiger partial charge on any atom is 0.326 e. The number of nitrogens with one attached hydrogen (secondary N) is 1. The van der Waals surface area contributed by atoms with Crippen LogP contribution in [0.1, 0.15) is 43.7 Å². The number of aliphatic carboxylic acids is 1. The number of guanidine groups is 1. The molecular weight excluding hydrogens is 482 g/mol. The lowest BCUT2D eigenvalue weighted by atomic mass is 9.90. The van der Waals surface area contributed by atoms with Crippen LogP contribution in [0.15, 0.2) is 77.4 Å². The number of nitrogens with two attached hydrogens (primary N) is 2. The minimum atomic E-state index is -1.21. The molecule has 0 aliphatic rings. The van der Waals surface area contributed by atoms with Crippen molar-refractivity contribution in [3.05, 3.63) is 83.6 Å². The van der Waals surface area contributed by atoms with E-state index >= 15 is 0 Å². The van der Waals surface area contributed by atoms with Crippen LogP contribution >= 0.6 is 0 Å². The van der Waals surface area contributed by atoms with Gasteiger partial charge in [0.25, 0.3) is 5.91 Å². The summed E-state index contributed by atoms with van der Waals surface area (Å²) in [4.78, 5) is 41.3. The molecule has 2 rings (SSSR count). The SMILES string of the molecule is CC(C)c1ccccc1-c1ccccc1CN(C)/C=C\C=C(/C=O)C(=O)NC(CCCN=C(N)N)C(=O)O. The topological polar surface area (TPSA) is 151 Å². The third-order valence-corrected chi connectivity index (χ3v) is 5.86. The highest BCUT2D eigenvalue weighted by molar-refractivity contribution is 6.11. The van der Waals surface area contributed by atoms with Crippen LogP contribution in [0.2, 0.25) is 0 Å². The summed E-state index contributed by atoms with van der Waals surface area (Å²) in [6.07, 6.45) is 5.56. The molecule has 0 saturated heterocycles. The molecule has 0 aliphatic heterocycles. The minimum absolute atomic E-state index is 0.0901. The van der Waals surface area contributed by atoms with Crippen molar-refractivity contribution in [1.82, 2.24) is 10.2 Å². The fourth-order valence-electron chi connectivity index (χ4n) is 3.95. The quantitative estimate of drug-likeness (QED) is 0.0437. The van der Waals surface area contributed by atoms with E-state index in [1.807, 2.05) is 30.1 Å². The van der Waals surface area contributed by atoms with Crippen LogP contribution in [-0.2, 0) is 20.9 Å². The van der Waals surface area contributed by atoms with E-state index in [1.165, 1.54) is 17.2 Å². The van der Waals surface area contributed by atoms with Gasteiger partial charge in [0.1, 0.15) is 6.04 Å². The average Bonchev–Trinajstić information content (AvgIpc) is 2.88. The first-order chi connectivity index (χ1) is 18.1. The van der Waals surface area contributed by atoms with Gasteiger partial charge in [-0.25, -0.2) is 4.79 Å². The molecule has 202 valence electrons. The number of hydrogen-bond acceptors (Lipinski definition) is 5. The lowest BCUT2D eigenvalue weighted by molar-refractivity contribution is -0.141. The number of carbonyl (C=O) groups is 3. The number of rotatable bonds is 14. The number of carbonyl (C=O) groups excluding carboxylic acids is 2. The molecule has 0 bridgehead atoms.